The molecular weight excluding hydrogens is 508 g/mol. The van der Waals surface area contributed by atoms with E-state index in [2.05, 4.69) is 20.9 Å². The number of nitrogens with two attached hydrogens (primary N) is 2. The van der Waals surface area contributed by atoms with Crippen LogP contribution in [-0.4, -0.2) is 75.6 Å². The quantitative estimate of drug-likeness (QED) is 0.131. The lowest BCUT2D eigenvalue weighted by Gasteiger charge is -2.26. The van der Waals surface area contributed by atoms with Crippen molar-refractivity contribution in [3.8, 4) is 0 Å². The number of fused-ring (bicyclic) bond motifs is 1. The first-order chi connectivity index (χ1) is 18.4. The van der Waals surface area contributed by atoms with E-state index in [1.54, 1.807) is 20.0 Å². The van der Waals surface area contributed by atoms with Crippen molar-refractivity contribution in [2.24, 2.45) is 17.4 Å². The third-order valence-corrected chi connectivity index (χ3v) is 6.27. The Balaban J connectivity index is 2.08. The molecule has 13 nitrogen and oxygen atoms in total. The molecule has 0 saturated carbocycles. The van der Waals surface area contributed by atoms with Crippen LogP contribution < -0.4 is 27.4 Å². The van der Waals surface area contributed by atoms with Gasteiger partial charge in [-0.05, 0) is 49.8 Å². The Hall–Kier alpha value is -3.97. The van der Waals surface area contributed by atoms with Gasteiger partial charge in [-0.1, -0.05) is 32.0 Å². The Bertz CT molecular complexity index is 1160. The number of aromatic nitrogens is 1. The fourth-order valence-corrected chi connectivity index (χ4v) is 4.09. The zero-order valence-corrected chi connectivity index (χ0v) is 22.1. The number of carboxylic acid groups (broad SMARTS) is 2. The molecule has 13 heteroatoms. The van der Waals surface area contributed by atoms with Gasteiger partial charge < -0.3 is 42.6 Å². The van der Waals surface area contributed by atoms with Gasteiger partial charge in [0.05, 0.1) is 12.5 Å². The van der Waals surface area contributed by atoms with Crippen LogP contribution >= 0.6 is 0 Å². The summed E-state index contributed by atoms with van der Waals surface area (Å²) in [6.45, 7) is 3.69. The number of nitrogens with one attached hydrogen (secondary N) is 4. The average molecular weight is 547 g/mol. The Kier molecular flexibility index (Phi) is 11.9. The van der Waals surface area contributed by atoms with Crippen LogP contribution in [0.2, 0.25) is 0 Å². The summed E-state index contributed by atoms with van der Waals surface area (Å²) in [7, 11) is 0. The molecule has 0 fully saturated rings. The Morgan fingerprint density at radius 1 is 0.923 bits per heavy atom. The number of para-hydroxylation sites is 1. The van der Waals surface area contributed by atoms with Crippen LogP contribution in [0.3, 0.4) is 0 Å². The van der Waals surface area contributed by atoms with Gasteiger partial charge in [0, 0.05) is 17.1 Å². The van der Waals surface area contributed by atoms with Crippen molar-refractivity contribution in [2.45, 2.75) is 70.1 Å². The van der Waals surface area contributed by atoms with Gasteiger partial charge in [0.2, 0.25) is 17.7 Å². The summed E-state index contributed by atoms with van der Waals surface area (Å²) in [5.74, 6) is -5.47. The van der Waals surface area contributed by atoms with Gasteiger partial charge >= 0.3 is 11.9 Å². The van der Waals surface area contributed by atoms with Crippen molar-refractivity contribution in [3.63, 3.8) is 0 Å². The summed E-state index contributed by atoms with van der Waals surface area (Å²) >= 11 is 0. The monoisotopic (exact) mass is 546 g/mol. The van der Waals surface area contributed by atoms with Crippen LogP contribution in [-0.2, 0) is 30.4 Å². The van der Waals surface area contributed by atoms with E-state index in [1.807, 2.05) is 24.3 Å². The second kappa shape index (κ2) is 14.8. The number of aromatic amines is 1. The molecule has 1 aromatic carbocycles. The predicted octanol–water partition coefficient (Wildman–Crippen LogP) is -0.164. The molecule has 4 atom stereocenters. The van der Waals surface area contributed by atoms with Crippen molar-refractivity contribution in [1.82, 2.24) is 20.9 Å². The van der Waals surface area contributed by atoms with Crippen molar-refractivity contribution in [3.05, 3.63) is 36.0 Å². The van der Waals surface area contributed by atoms with E-state index in [0.717, 1.165) is 16.5 Å². The number of carboxylic acids is 2. The van der Waals surface area contributed by atoms with Crippen LogP contribution in [0.25, 0.3) is 10.9 Å². The second-order valence-electron chi connectivity index (χ2n) is 9.74. The van der Waals surface area contributed by atoms with E-state index in [4.69, 9.17) is 11.5 Å². The zero-order chi connectivity index (χ0) is 29.1. The largest absolute Gasteiger partial charge is 0.481 e. The van der Waals surface area contributed by atoms with E-state index < -0.39 is 66.2 Å². The van der Waals surface area contributed by atoms with E-state index in [9.17, 15) is 34.2 Å². The second-order valence-corrected chi connectivity index (χ2v) is 9.74. The molecule has 0 spiro atoms. The highest BCUT2D eigenvalue weighted by atomic mass is 16.4. The average Bonchev–Trinajstić information content (AvgIpc) is 3.28. The molecule has 2 aromatic rings. The first-order valence-electron chi connectivity index (χ1n) is 12.8. The molecule has 3 amide bonds. The highest BCUT2D eigenvalue weighted by Gasteiger charge is 2.32. The van der Waals surface area contributed by atoms with Gasteiger partial charge in [-0.3, -0.25) is 19.2 Å². The molecule has 10 N–H and O–H groups in total. The minimum Gasteiger partial charge on any atom is -0.481 e. The number of carbonyl (C=O) groups excluding carboxylic acids is 3. The lowest BCUT2D eigenvalue weighted by Crippen LogP contribution is -2.58. The number of benzene rings is 1. The topological polar surface area (TPSA) is 230 Å². The summed E-state index contributed by atoms with van der Waals surface area (Å²) in [5, 5.41) is 26.8. The smallest absolute Gasteiger partial charge is 0.326 e. The lowest BCUT2D eigenvalue weighted by atomic mass is 10.0. The first-order valence-corrected chi connectivity index (χ1v) is 12.8. The molecule has 0 bridgehead atoms. The molecule has 0 aliphatic heterocycles. The van der Waals surface area contributed by atoms with Crippen LogP contribution in [0, 0.1) is 5.92 Å². The van der Waals surface area contributed by atoms with Gasteiger partial charge in [-0.25, -0.2) is 4.79 Å². The zero-order valence-electron chi connectivity index (χ0n) is 22.1. The number of aliphatic carboxylic acids is 2. The Morgan fingerprint density at radius 3 is 2.21 bits per heavy atom. The maximum Gasteiger partial charge on any atom is 0.326 e. The summed E-state index contributed by atoms with van der Waals surface area (Å²) < 4.78 is 0. The molecule has 4 unspecified atom stereocenters. The number of amides is 3. The van der Waals surface area contributed by atoms with Crippen LogP contribution in [0.5, 0.6) is 0 Å². The maximum atomic E-state index is 13.1. The van der Waals surface area contributed by atoms with Crippen LogP contribution in [0.1, 0.15) is 45.1 Å². The molecule has 0 saturated heterocycles. The molecule has 2 rings (SSSR count). The number of rotatable bonds is 16. The SMILES string of the molecule is CC(C)C(NC(=O)C(N)Cc1c[nH]c2ccccc12)C(=O)NC(CC(=O)O)C(=O)NC(CCCCN)C(=O)O. The van der Waals surface area contributed by atoms with Crippen LogP contribution in [0.15, 0.2) is 30.5 Å². The van der Waals surface area contributed by atoms with Gasteiger partial charge in [0.25, 0.3) is 0 Å². The number of carbonyl (C=O) groups is 5. The molecule has 214 valence electrons. The molecule has 39 heavy (non-hydrogen) atoms. The normalized spacial score (nSPS) is 14.3. The summed E-state index contributed by atoms with van der Waals surface area (Å²) in [5.41, 5.74) is 13.3. The fraction of sp³-hybridized carbons (Fsp3) is 0.500. The molecule has 1 heterocycles. The highest BCUT2D eigenvalue weighted by Crippen LogP contribution is 2.19. The molecule has 1 aromatic heterocycles. The Morgan fingerprint density at radius 2 is 1.59 bits per heavy atom. The van der Waals surface area contributed by atoms with Crippen LogP contribution in [0.4, 0.5) is 0 Å². The lowest BCUT2D eigenvalue weighted by molar-refractivity contribution is -0.144. The third kappa shape index (κ3) is 9.37. The Labute approximate surface area is 226 Å². The van der Waals surface area contributed by atoms with Gasteiger partial charge in [-0.15, -0.1) is 0 Å². The van der Waals surface area contributed by atoms with Crippen molar-refractivity contribution >= 4 is 40.6 Å². The fourth-order valence-electron chi connectivity index (χ4n) is 4.09. The maximum absolute atomic E-state index is 13.1. The van der Waals surface area contributed by atoms with E-state index in [0.29, 0.717) is 19.4 Å². The predicted molar refractivity (Wildman–Crippen MR) is 143 cm³/mol. The molecule has 0 aliphatic carbocycles. The summed E-state index contributed by atoms with van der Waals surface area (Å²) in [6.07, 6.45) is 2.25. The molecular formula is C26H38N6O7. The van der Waals surface area contributed by atoms with E-state index in [-0.39, 0.29) is 12.8 Å². The van der Waals surface area contributed by atoms with E-state index in [1.165, 1.54) is 0 Å². The number of H-pyrrole nitrogens is 1. The van der Waals surface area contributed by atoms with Gasteiger partial charge in [0.15, 0.2) is 0 Å². The first kappa shape index (κ1) is 31.2. The number of hydrogen-bond acceptors (Lipinski definition) is 7. The van der Waals surface area contributed by atoms with E-state index >= 15 is 0 Å². The summed E-state index contributed by atoms with van der Waals surface area (Å²) in [6, 6.07) is 2.58. The van der Waals surface area contributed by atoms with Crippen molar-refractivity contribution in [1.29, 1.82) is 0 Å². The number of unbranched alkanes of at least 4 members (excludes halogenated alkanes) is 1. The summed E-state index contributed by atoms with van der Waals surface area (Å²) in [4.78, 5) is 64.8. The molecule has 0 radical (unpaired) electrons. The van der Waals surface area contributed by atoms with Gasteiger partial charge in [-0.2, -0.15) is 0 Å². The third-order valence-electron chi connectivity index (χ3n) is 6.27. The van der Waals surface area contributed by atoms with Gasteiger partial charge in [0.1, 0.15) is 18.1 Å². The van der Waals surface area contributed by atoms with Crippen molar-refractivity contribution < 1.29 is 34.2 Å². The molecule has 0 aliphatic rings. The highest BCUT2D eigenvalue weighted by molar-refractivity contribution is 5.96. The number of hydrogen-bond donors (Lipinski definition) is 8. The minimum atomic E-state index is -1.57. The van der Waals surface area contributed by atoms with Crippen molar-refractivity contribution in [2.75, 3.05) is 6.54 Å². The standard InChI is InChI=1S/C26H38N6O7/c1-14(2)22(32-23(35)17(28)11-15-13-29-18-8-4-3-7-16(15)18)25(37)31-20(12-21(33)34)24(36)30-19(26(38)39)9-5-6-10-27/h3-4,7-8,13-14,17,19-20,22,29H,5-6,9-12,27-28H2,1-2H3,(H,30,36)(H,31,37)(H,32,35)(H,33,34)(H,38,39). The minimum absolute atomic E-state index is 0.0883.